The molecule has 76 valence electrons. The number of aliphatic hydroxyl groups excluding tert-OH is 2. The maximum atomic E-state index is 9.36. The molecule has 13 heavy (non-hydrogen) atoms. The van der Waals surface area contributed by atoms with Crippen LogP contribution in [0.1, 0.15) is 0 Å². The minimum Gasteiger partial charge on any atom is -0.388 e. The third kappa shape index (κ3) is 2.00. The van der Waals surface area contributed by atoms with E-state index in [-0.39, 0.29) is 12.2 Å². The molecular formula is C8H14O5. The van der Waals surface area contributed by atoms with E-state index in [4.69, 9.17) is 14.2 Å². The van der Waals surface area contributed by atoms with Crippen molar-refractivity contribution in [1.82, 2.24) is 0 Å². The summed E-state index contributed by atoms with van der Waals surface area (Å²) in [6.45, 7) is 1.41. The van der Waals surface area contributed by atoms with Crippen molar-refractivity contribution in [3.63, 3.8) is 0 Å². The van der Waals surface area contributed by atoms with Crippen molar-refractivity contribution in [3.8, 4) is 0 Å². The molecule has 0 aromatic rings. The van der Waals surface area contributed by atoms with Crippen molar-refractivity contribution in [1.29, 1.82) is 0 Å². The highest BCUT2D eigenvalue weighted by molar-refractivity contribution is 4.81. The van der Waals surface area contributed by atoms with Crippen LogP contribution in [0.5, 0.6) is 0 Å². The zero-order chi connectivity index (χ0) is 9.26. The van der Waals surface area contributed by atoms with Gasteiger partial charge in [0.25, 0.3) is 0 Å². The van der Waals surface area contributed by atoms with Gasteiger partial charge in [0, 0.05) is 0 Å². The molecule has 2 heterocycles. The van der Waals surface area contributed by atoms with E-state index in [2.05, 4.69) is 0 Å². The van der Waals surface area contributed by atoms with Gasteiger partial charge in [-0.15, -0.1) is 0 Å². The highest BCUT2D eigenvalue weighted by Gasteiger charge is 2.34. The maximum Gasteiger partial charge on any atom is 0.110 e. The third-order valence-corrected chi connectivity index (χ3v) is 2.35. The van der Waals surface area contributed by atoms with Gasteiger partial charge in [-0.1, -0.05) is 0 Å². The van der Waals surface area contributed by atoms with Crippen molar-refractivity contribution in [2.75, 3.05) is 26.4 Å². The second-order valence-corrected chi connectivity index (χ2v) is 3.42. The molecule has 2 aliphatic heterocycles. The zero-order valence-corrected chi connectivity index (χ0v) is 7.26. The van der Waals surface area contributed by atoms with Crippen LogP contribution in [0.4, 0.5) is 0 Å². The summed E-state index contributed by atoms with van der Waals surface area (Å²) in [6, 6.07) is 0. The van der Waals surface area contributed by atoms with E-state index in [0.29, 0.717) is 26.4 Å². The largest absolute Gasteiger partial charge is 0.388 e. The highest BCUT2D eigenvalue weighted by atomic mass is 16.6. The lowest BCUT2D eigenvalue weighted by atomic mass is 10.2. The summed E-state index contributed by atoms with van der Waals surface area (Å²) >= 11 is 0. The Kier molecular flexibility index (Phi) is 2.80. The van der Waals surface area contributed by atoms with Gasteiger partial charge in [0.05, 0.1) is 26.4 Å². The first-order chi connectivity index (χ1) is 6.27. The van der Waals surface area contributed by atoms with Crippen LogP contribution in [0.2, 0.25) is 0 Å². The average Bonchev–Trinajstić information content (AvgIpc) is 2.65. The molecule has 5 heteroatoms. The fourth-order valence-corrected chi connectivity index (χ4v) is 1.53. The Balaban J connectivity index is 1.82. The smallest absolute Gasteiger partial charge is 0.110 e. The molecule has 2 aliphatic rings. The van der Waals surface area contributed by atoms with E-state index in [1.807, 2.05) is 0 Å². The van der Waals surface area contributed by atoms with Gasteiger partial charge in [-0.25, -0.2) is 0 Å². The predicted molar refractivity (Wildman–Crippen MR) is 42.3 cm³/mol. The minimum absolute atomic E-state index is 0.314. The summed E-state index contributed by atoms with van der Waals surface area (Å²) in [4.78, 5) is 0. The molecular weight excluding hydrogens is 176 g/mol. The molecule has 2 saturated heterocycles. The second kappa shape index (κ2) is 3.89. The number of ether oxygens (including phenoxy) is 3. The van der Waals surface area contributed by atoms with E-state index in [1.165, 1.54) is 0 Å². The molecule has 0 aromatic heterocycles. The third-order valence-electron chi connectivity index (χ3n) is 2.35. The summed E-state index contributed by atoms with van der Waals surface area (Å²) in [5.41, 5.74) is 0. The Hall–Kier alpha value is -0.200. The Bertz CT molecular complexity index is 156. The standard InChI is InChI=1S/C8H14O5/c9-5-1-11-3-7(5)13-8-4-12-2-6(8)10/h5-10H,1-4H2/t5-,6+,7-,8+. The van der Waals surface area contributed by atoms with E-state index in [1.54, 1.807) is 0 Å². The monoisotopic (exact) mass is 190 g/mol. The number of hydrogen-bond donors (Lipinski definition) is 2. The van der Waals surface area contributed by atoms with E-state index >= 15 is 0 Å². The van der Waals surface area contributed by atoms with Crippen molar-refractivity contribution in [2.24, 2.45) is 0 Å². The van der Waals surface area contributed by atoms with Crippen LogP contribution >= 0.6 is 0 Å². The first-order valence-corrected chi connectivity index (χ1v) is 4.44. The molecule has 0 saturated carbocycles. The minimum atomic E-state index is -0.576. The maximum absolute atomic E-state index is 9.36. The second-order valence-electron chi connectivity index (χ2n) is 3.42. The van der Waals surface area contributed by atoms with Gasteiger partial charge in [0.1, 0.15) is 24.4 Å². The molecule has 0 unspecified atom stereocenters. The summed E-state index contributed by atoms with van der Waals surface area (Å²) in [6.07, 6.45) is -1.79. The number of rotatable bonds is 2. The lowest BCUT2D eigenvalue weighted by molar-refractivity contribution is -0.0849. The van der Waals surface area contributed by atoms with Crippen molar-refractivity contribution < 1.29 is 24.4 Å². The summed E-state index contributed by atoms with van der Waals surface area (Å²) in [5.74, 6) is 0. The predicted octanol–water partition coefficient (Wildman–Crippen LogP) is -1.48. The number of aliphatic hydroxyl groups is 2. The van der Waals surface area contributed by atoms with Gasteiger partial charge in [-0.3, -0.25) is 0 Å². The lowest BCUT2D eigenvalue weighted by Gasteiger charge is -2.20. The van der Waals surface area contributed by atoms with E-state index in [9.17, 15) is 10.2 Å². The normalized spacial score (nSPS) is 45.7. The van der Waals surface area contributed by atoms with Crippen LogP contribution in [0, 0.1) is 0 Å². The van der Waals surface area contributed by atoms with Gasteiger partial charge in [0.15, 0.2) is 0 Å². The van der Waals surface area contributed by atoms with Crippen LogP contribution in [-0.4, -0.2) is 61.1 Å². The summed E-state index contributed by atoms with van der Waals surface area (Å²) in [7, 11) is 0. The van der Waals surface area contributed by atoms with Gasteiger partial charge in [-0.2, -0.15) is 0 Å². The van der Waals surface area contributed by atoms with Gasteiger partial charge < -0.3 is 24.4 Å². The lowest BCUT2D eigenvalue weighted by Crippen LogP contribution is -2.36. The molecule has 0 radical (unpaired) electrons. The molecule has 0 aliphatic carbocycles. The Labute approximate surface area is 76.2 Å². The Morgan fingerprint density at radius 3 is 1.62 bits per heavy atom. The quantitative estimate of drug-likeness (QED) is 0.556. The fraction of sp³-hybridized carbons (Fsp3) is 1.00. The fourth-order valence-electron chi connectivity index (χ4n) is 1.53. The molecule has 4 atom stereocenters. The van der Waals surface area contributed by atoms with E-state index < -0.39 is 12.2 Å². The van der Waals surface area contributed by atoms with Crippen molar-refractivity contribution in [2.45, 2.75) is 24.4 Å². The summed E-state index contributed by atoms with van der Waals surface area (Å²) < 4.78 is 15.5. The Morgan fingerprint density at radius 2 is 1.31 bits per heavy atom. The average molecular weight is 190 g/mol. The molecule has 2 fully saturated rings. The first kappa shape index (κ1) is 9.36. The molecule has 0 bridgehead atoms. The van der Waals surface area contributed by atoms with Gasteiger partial charge in [0.2, 0.25) is 0 Å². The topological polar surface area (TPSA) is 68.2 Å². The molecule has 0 aromatic carbocycles. The first-order valence-electron chi connectivity index (χ1n) is 4.44. The van der Waals surface area contributed by atoms with Gasteiger partial charge in [-0.05, 0) is 0 Å². The Morgan fingerprint density at radius 1 is 0.846 bits per heavy atom. The van der Waals surface area contributed by atoms with Crippen LogP contribution in [0.15, 0.2) is 0 Å². The van der Waals surface area contributed by atoms with E-state index in [0.717, 1.165) is 0 Å². The zero-order valence-electron chi connectivity index (χ0n) is 7.26. The molecule has 5 nitrogen and oxygen atoms in total. The van der Waals surface area contributed by atoms with Gasteiger partial charge >= 0.3 is 0 Å². The van der Waals surface area contributed by atoms with Crippen LogP contribution in [-0.2, 0) is 14.2 Å². The van der Waals surface area contributed by atoms with Crippen molar-refractivity contribution >= 4 is 0 Å². The molecule has 2 N–H and O–H groups in total. The van der Waals surface area contributed by atoms with Crippen molar-refractivity contribution in [3.05, 3.63) is 0 Å². The van der Waals surface area contributed by atoms with Crippen LogP contribution in [0.3, 0.4) is 0 Å². The molecule has 2 rings (SSSR count). The van der Waals surface area contributed by atoms with Crippen LogP contribution in [0.25, 0.3) is 0 Å². The summed E-state index contributed by atoms with van der Waals surface area (Å²) in [5, 5.41) is 18.7. The molecule has 0 amide bonds. The molecule has 0 spiro atoms. The highest BCUT2D eigenvalue weighted by Crippen LogP contribution is 2.17. The SMILES string of the molecule is O[C@@H]1COC[C@H]1O[C@H]1COC[C@@H]1O. The van der Waals surface area contributed by atoms with Crippen LogP contribution < -0.4 is 0 Å². The number of hydrogen-bond acceptors (Lipinski definition) is 5.